The maximum absolute atomic E-state index is 13.0. The number of rotatable bonds is 6. The lowest BCUT2D eigenvalue weighted by atomic mass is 9.95. The van der Waals surface area contributed by atoms with E-state index in [1.807, 2.05) is 6.92 Å². The zero-order chi connectivity index (χ0) is 20.8. The van der Waals surface area contributed by atoms with Gasteiger partial charge in [0.2, 0.25) is 11.9 Å². The Morgan fingerprint density at radius 1 is 1.00 bits per heavy atom. The minimum Gasteiger partial charge on any atom is -0.440 e. The highest BCUT2D eigenvalue weighted by Gasteiger charge is 2.33. The van der Waals surface area contributed by atoms with Crippen LogP contribution in [0.15, 0.2) is 48.5 Å². The average molecular weight is 394 g/mol. The van der Waals surface area contributed by atoms with Crippen LogP contribution in [0.5, 0.6) is 0 Å². The van der Waals surface area contributed by atoms with Gasteiger partial charge in [-0.2, -0.15) is 0 Å². The number of ether oxygens (including phenoxy) is 1. The number of anilines is 1. The molecule has 29 heavy (non-hydrogen) atoms. The van der Waals surface area contributed by atoms with E-state index in [2.05, 4.69) is 5.32 Å². The van der Waals surface area contributed by atoms with E-state index >= 15 is 0 Å². The molecule has 1 aliphatic carbocycles. The third-order valence-electron chi connectivity index (χ3n) is 5.17. The van der Waals surface area contributed by atoms with Crippen molar-refractivity contribution in [2.24, 2.45) is 0 Å². The van der Waals surface area contributed by atoms with Crippen molar-refractivity contribution in [3.63, 3.8) is 0 Å². The molecule has 0 aromatic heterocycles. The van der Waals surface area contributed by atoms with Crippen LogP contribution in [0.25, 0.3) is 0 Å². The first-order valence-electron chi connectivity index (χ1n) is 9.92. The molecule has 1 saturated carbocycles. The first kappa shape index (κ1) is 20.6. The first-order chi connectivity index (χ1) is 14.0. The van der Waals surface area contributed by atoms with Gasteiger partial charge in [0.05, 0.1) is 5.56 Å². The lowest BCUT2D eigenvalue weighted by Gasteiger charge is -2.25. The van der Waals surface area contributed by atoms with E-state index in [-0.39, 0.29) is 17.3 Å². The highest BCUT2D eigenvalue weighted by Crippen LogP contribution is 2.19. The Labute approximate surface area is 170 Å². The highest BCUT2D eigenvalue weighted by atomic mass is 16.6. The third-order valence-corrected chi connectivity index (χ3v) is 5.17. The van der Waals surface area contributed by atoms with Crippen molar-refractivity contribution in [2.75, 3.05) is 5.73 Å². The quantitative estimate of drug-likeness (QED) is 0.338. The molecule has 1 amide bonds. The smallest absolute Gasteiger partial charge is 0.341 e. The number of benzene rings is 2. The van der Waals surface area contributed by atoms with Crippen molar-refractivity contribution < 1.29 is 19.1 Å². The number of nitrogens with one attached hydrogen (secondary N) is 1. The maximum Gasteiger partial charge on any atom is 0.341 e. The number of nitrogen functional groups attached to an aromatic ring is 1. The summed E-state index contributed by atoms with van der Waals surface area (Å²) in [6, 6.07) is 13.2. The molecule has 3 rings (SSSR count). The maximum atomic E-state index is 13.0. The first-order valence-corrected chi connectivity index (χ1v) is 9.92. The van der Waals surface area contributed by atoms with Gasteiger partial charge in [-0.1, -0.05) is 61.2 Å². The molecular weight excluding hydrogens is 368 g/mol. The molecule has 2 aromatic rings. The van der Waals surface area contributed by atoms with Gasteiger partial charge in [-0.3, -0.25) is 9.59 Å². The van der Waals surface area contributed by atoms with Crippen LogP contribution in [-0.4, -0.2) is 29.8 Å². The molecular formula is C23H26N2O4. The number of ketones is 1. The lowest BCUT2D eigenvalue weighted by molar-refractivity contribution is -0.128. The Bertz CT molecular complexity index is 886. The molecule has 1 aliphatic rings. The summed E-state index contributed by atoms with van der Waals surface area (Å²) >= 11 is 0. The molecule has 0 aliphatic heterocycles. The van der Waals surface area contributed by atoms with E-state index < -0.39 is 23.8 Å². The minimum absolute atomic E-state index is 0.00920. The second-order valence-corrected chi connectivity index (χ2v) is 7.45. The molecule has 3 N–H and O–H groups in total. The van der Waals surface area contributed by atoms with Crippen LogP contribution < -0.4 is 11.1 Å². The average Bonchev–Trinajstić information content (AvgIpc) is 2.73. The Morgan fingerprint density at radius 3 is 2.31 bits per heavy atom. The van der Waals surface area contributed by atoms with Crippen LogP contribution in [0, 0.1) is 6.92 Å². The number of carbonyl (C=O) groups excluding carboxylic acids is 3. The molecule has 0 spiro atoms. The van der Waals surface area contributed by atoms with E-state index in [9.17, 15) is 14.4 Å². The van der Waals surface area contributed by atoms with E-state index in [0.29, 0.717) is 5.56 Å². The number of para-hydroxylation sites is 1. The number of carbonyl (C=O) groups is 3. The van der Waals surface area contributed by atoms with Gasteiger partial charge in [0.15, 0.2) is 0 Å². The van der Waals surface area contributed by atoms with Gasteiger partial charge in [0.1, 0.15) is 0 Å². The topological polar surface area (TPSA) is 98.5 Å². The number of nitrogens with two attached hydrogens (primary N) is 1. The van der Waals surface area contributed by atoms with Crippen molar-refractivity contribution >= 4 is 23.3 Å². The molecule has 1 atom stereocenters. The summed E-state index contributed by atoms with van der Waals surface area (Å²) in [5.41, 5.74) is 7.49. The summed E-state index contributed by atoms with van der Waals surface area (Å²) in [5.74, 6) is -1.95. The number of amides is 1. The van der Waals surface area contributed by atoms with Crippen LogP contribution in [0.3, 0.4) is 0 Å². The minimum atomic E-state index is -1.56. The Morgan fingerprint density at radius 2 is 1.66 bits per heavy atom. The SMILES string of the molecule is Cc1ccc(C(=O)C(OC(=O)c2ccccc2N)C(=O)NC2CCCCC2)cc1. The van der Waals surface area contributed by atoms with Gasteiger partial charge in [0.25, 0.3) is 5.91 Å². The summed E-state index contributed by atoms with van der Waals surface area (Å²) in [6.45, 7) is 1.90. The Kier molecular flexibility index (Phi) is 6.65. The summed E-state index contributed by atoms with van der Waals surface area (Å²) < 4.78 is 5.39. The summed E-state index contributed by atoms with van der Waals surface area (Å²) in [5, 5.41) is 2.88. The summed E-state index contributed by atoms with van der Waals surface area (Å²) in [4.78, 5) is 38.6. The fraction of sp³-hybridized carbons (Fsp3) is 0.348. The molecule has 1 fully saturated rings. The monoisotopic (exact) mass is 394 g/mol. The number of aryl methyl sites for hydroxylation is 1. The van der Waals surface area contributed by atoms with Crippen molar-refractivity contribution in [3.05, 3.63) is 65.2 Å². The zero-order valence-corrected chi connectivity index (χ0v) is 16.5. The molecule has 0 saturated heterocycles. The second kappa shape index (κ2) is 9.37. The van der Waals surface area contributed by atoms with Crippen LogP contribution in [0.1, 0.15) is 58.4 Å². The normalized spacial score (nSPS) is 15.3. The Balaban J connectivity index is 1.82. The van der Waals surface area contributed by atoms with Gasteiger partial charge >= 0.3 is 5.97 Å². The number of esters is 1. The van der Waals surface area contributed by atoms with E-state index in [0.717, 1.165) is 37.7 Å². The van der Waals surface area contributed by atoms with Gasteiger partial charge in [-0.25, -0.2) is 4.79 Å². The Hall–Kier alpha value is -3.15. The number of hydrogen-bond donors (Lipinski definition) is 2. The molecule has 6 heteroatoms. The van der Waals surface area contributed by atoms with Gasteiger partial charge in [-0.05, 0) is 31.9 Å². The van der Waals surface area contributed by atoms with E-state index in [4.69, 9.17) is 10.5 Å². The third kappa shape index (κ3) is 5.22. The van der Waals surface area contributed by atoms with Gasteiger partial charge < -0.3 is 15.8 Å². The molecule has 2 aromatic carbocycles. The predicted octanol–water partition coefficient (Wildman–Crippen LogP) is 3.43. The fourth-order valence-corrected chi connectivity index (χ4v) is 3.47. The molecule has 0 bridgehead atoms. The van der Waals surface area contributed by atoms with Crippen molar-refractivity contribution in [2.45, 2.75) is 51.2 Å². The largest absolute Gasteiger partial charge is 0.440 e. The molecule has 1 unspecified atom stereocenters. The predicted molar refractivity (Wildman–Crippen MR) is 111 cm³/mol. The standard InChI is InChI=1S/C23H26N2O4/c1-15-11-13-16(14-12-15)20(26)21(22(27)25-17-7-3-2-4-8-17)29-23(28)18-9-5-6-10-19(18)24/h5-6,9-14,17,21H,2-4,7-8,24H2,1H3,(H,25,27). The molecule has 0 radical (unpaired) electrons. The molecule has 152 valence electrons. The van der Waals surface area contributed by atoms with E-state index in [1.165, 1.54) is 6.07 Å². The number of Topliss-reactive ketones (excluding diaryl/α,β-unsaturated/α-hetero) is 1. The van der Waals surface area contributed by atoms with Crippen molar-refractivity contribution in [1.29, 1.82) is 0 Å². The second-order valence-electron chi connectivity index (χ2n) is 7.45. The van der Waals surface area contributed by atoms with Crippen molar-refractivity contribution in [3.8, 4) is 0 Å². The molecule has 6 nitrogen and oxygen atoms in total. The number of hydrogen-bond acceptors (Lipinski definition) is 5. The van der Waals surface area contributed by atoms with Gasteiger partial charge in [-0.15, -0.1) is 0 Å². The van der Waals surface area contributed by atoms with Crippen LogP contribution in [0.2, 0.25) is 0 Å². The van der Waals surface area contributed by atoms with E-state index in [1.54, 1.807) is 42.5 Å². The van der Waals surface area contributed by atoms with Crippen LogP contribution >= 0.6 is 0 Å². The van der Waals surface area contributed by atoms with Gasteiger partial charge in [0, 0.05) is 17.3 Å². The van der Waals surface area contributed by atoms with Crippen molar-refractivity contribution in [1.82, 2.24) is 5.32 Å². The van der Waals surface area contributed by atoms with Crippen LogP contribution in [0.4, 0.5) is 5.69 Å². The zero-order valence-electron chi connectivity index (χ0n) is 16.5. The lowest BCUT2D eigenvalue weighted by Crippen LogP contribution is -2.47. The summed E-state index contributed by atoms with van der Waals surface area (Å²) in [6.07, 6.45) is 3.35. The molecule has 0 heterocycles. The highest BCUT2D eigenvalue weighted by molar-refractivity contribution is 6.14. The fourth-order valence-electron chi connectivity index (χ4n) is 3.47. The summed E-state index contributed by atoms with van der Waals surface area (Å²) in [7, 11) is 0. The van der Waals surface area contributed by atoms with Crippen LogP contribution in [-0.2, 0) is 9.53 Å².